The molecule has 2 aromatic heterocycles. The van der Waals surface area contributed by atoms with E-state index in [1.807, 2.05) is 6.07 Å². The quantitative estimate of drug-likeness (QED) is 0.793. The molecule has 0 N–H and O–H groups in total. The Labute approximate surface area is 124 Å². The first-order valence-electron chi connectivity index (χ1n) is 6.35. The van der Waals surface area contributed by atoms with E-state index in [-0.39, 0.29) is 5.78 Å². The van der Waals surface area contributed by atoms with Gasteiger partial charge in [-0.25, -0.2) is 4.52 Å². The number of nitrogens with zero attached hydrogens (tertiary/aromatic N) is 3. The van der Waals surface area contributed by atoms with E-state index in [2.05, 4.69) is 10.00 Å². The van der Waals surface area contributed by atoms with E-state index in [1.54, 1.807) is 16.8 Å². The molecule has 0 aromatic carbocycles. The summed E-state index contributed by atoms with van der Waals surface area (Å²) in [5.41, 5.74) is 1.33. The van der Waals surface area contributed by atoms with Crippen molar-refractivity contribution in [1.29, 1.82) is 0 Å². The number of anilines is 1. The van der Waals surface area contributed by atoms with Crippen LogP contribution in [-0.2, 0) is 10.8 Å². The molecule has 0 unspecified atom stereocenters. The van der Waals surface area contributed by atoms with E-state index in [0.29, 0.717) is 35.2 Å². The van der Waals surface area contributed by atoms with Crippen molar-refractivity contribution in [1.82, 2.24) is 9.61 Å². The number of fused-ring (bicyclic) bond motifs is 1. The third-order valence-corrected chi connectivity index (χ3v) is 5.04. The first-order valence-corrected chi connectivity index (χ1v) is 8.21. The summed E-state index contributed by atoms with van der Waals surface area (Å²) in [6.45, 7) is 2.83. The zero-order valence-corrected chi connectivity index (χ0v) is 12.6. The number of hydrogen-bond acceptors (Lipinski definition) is 4. The Morgan fingerprint density at radius 2 is 2.10 bits per heavy atom. The van der Waals surface area contributed by atoms with E-state index in [0.717, 1.165) is 11.3 Å². The average molecular weight is 312 g/mol. The van der Waals surface area contributed by atoms with Gasteiger partial charge in [0.05, 0.1) is 22.3 Å². The third kappa shape index (κ3) is 2.23. The first-order chi connectivity index (χ1) is 9.58. The number of carbonyl (C=O) groups is 1. The van der Waals surface area contributed by atoms with E-state index in [4.69, 9.17) is 11.6 Å². The van der Waals surface area contributed by atoms with Crippen molar-refractivity contribution in [3.05, 3.63) is 28.9 Å². The molecule has 7 heteroatoms. The van der Waals surface area contributed by atoms with Crippen LogP contribution in [0.15, 0.2) is 18.3 Å². The monoisotopic (exact) mass is 311 g/mol. The van der Waals surface area contributed by atoms with Gasteiger partial charge in [-0.1, -0.05) is 11.6 Å². The Morgan fingerprint density at radius 1 is 1.40 bits per heavy atom. The van der Waals surface area contributed by atoms with Crippen LogP contribution < -0.4 is 4.90 Å². The van der Waals surface area contributed by atoms with E-state index >= 15 is 0 Å². The molecule has 0 atom stereocenters. The lowest BCUT2D eigenvalue weighted by Gasteiger charge is -2.30. The second-order valence-corrected chi connectivity index (χ2v) is 6.85. The number of pyridine rings is 1. The zero-order chi connectivity index (χ0) is 14.3. The largest absolute Gasteiger partial charge is 0.354 e. The van der Waals surface area contributed by atoms with Gasteiger partial charge in [-0.15, -0.1) is 0 Å². The molecule has 5 nitrogen and oxygen atoms in total. The fourth-order valence-corrected chi connectivity index (χ4v) is 3.75. The molecule has 3 heterocycles. The average Bonchev–Trinajstić information content (AvgIpc) is 2.89. The number of Topliss-reactive ketones (excluding diaryl/α,β-unsaturated/α-hetero) is 1. The van der Waals surface area contributed by atoms with Crippen LogP contribution in [0.2, 0.25) is 5.02 Å². The summed E-state index contributed by atoms with van der Waals surface area (Å²) in [4.78, 5) is 14.0. The molecule has 106 valence electrons. The Morgan fingerprint density at radius 3 is 2.75 bits per heavy atom. The SMILES string of the molecule is CC(=O)c1cc(Cl)c2ccnn2c1N1CCS(=O)CC1. The molecule has 0 saturated carbocycles. The number of halogens is 1. The van der Waals surface area contributed by atoms with Crippen LogP contribution in [-0.4, -0.2) is 44.2 Å². The van der Waals surface area contributed by atoms with Gasteiger partial charge in [0.25, 0.3) is 0 Å². The fraction of sp³-hybridized carbons (Fsp3) is 0.385. The second kappa shape index (κ2) is 5.18. The van der Waals surface area contributed by atoms with Crippen LogP contribution in [0, 0.1) is 0 Å². The van der Waals surface area contributed by atoms with Crippen LogP contribution in [0.4, 0.5) is 5.82 Å². The van der Waals surface area contributed by atoms with Crippen LogP contribution in [0.3, 0.4) is 0 Å². The lowest BCUT2D eigenvalue weighted by molar-refractivity contribution is 0.101. The van der Waals surface area contributed by atoms with Crippen LogP contribution in [0.1, 0.15) is 17.3 Å². The maximum Gasteiger partial charge on any atom is 0.163 e. The summed E-state index contributed by atoms with van der Waals surface area (Å²) in [6, 6.07) is 3.51. The van der Waals surface area contributed by atoms with Crippen LogP contribution in [0.5, 0.6) is 0 Å². The lowest BCUT2D eigenvalue weighted by atomic mass is 10.1. The molecule has 0 amide bonds. The maximum atomic E-state index is 11.9. The van der Waals surface area contributed by atoms with Gasteiger partial charge in [-0.05, 0) is 19.1 Å². The van der Waals surface area contributed by atoms with Gasteiger partial charge in [-0.2, -0.15) is 5.10 Å². The van der Waals surface area contributed by atoms with Crippen LogP contribution in [0.25, 0.3) is 5.52 Å². The minimum absolute atomic E-state index is 0.0500. The molecular formula is C13H14ClN3O2S. The van der Waals surface area contributed by atoms with Gasteiger partial charge in [0, 0.05) is 35.4 Å². The molecule has 2 aromatic rings. The van der Waals surface area contributed by atoms with E-state index in [9.17, 15) is 9.00 Å². The molecule has 0 bridgehead atoms. The number of hydrogen-bond donors (Lipinski definition) is 0. The summed E-state index contributed by atoms with van der Waals surface area (Å²) >= 11 is 6.20. The summed E-state index contributed by atoms with van der Waals surface area (Å²) in [5, 5.41) is 4.79. The second-order valence-electron chi connectivity index (χ2n) is 4.75. The molecule has 1 aliphatic rings. The predicted octanol–water partition coefficient (Wildman–Crippen LogP) is 1.76. The maximum absolute atomic E-state index is 11.9. The number of ketones is 1. The standard InChI is InChI=1S/C13H14ClN3O2S/c1-9(18)10-8-11(14)12-2-3-15-17(12)13(10)16-4-6-20(19)7-5-16/h2-3,8H,4-7H2,1H3. The Kier molecular flexibility index (Phi) is 3.52. The highest BCUT2D eigenvalue weighted by Gasteiger charge is 2.23. The Balaban J connectivity index is 2.18. The van der Waals surface area contributed by atoms with Crippen molar-refractivity contribution in [3.8, 4) is 0 Å². The van der Waals surface area contributed by atoms with Crippen molar-refractivity contribution in [2.75, 3.05) is 29.5 Å². The summed E-state index contributed by atoms with van der Waals surface area (Å²) in [6.07, 6.45) is 1.66. The topological polar surface area (TPSA) is 54.7 Å². The van der Waals surface area contributed by atoms with Gasteiger partial charge in [-0.3, -0.25) is 9.00 Å². The third-order valence-electron chi connectivity index (χ3n) is 3.46. The fourth-order valence-electron chi connectivity index (χ4n) is 2.45. The molecular weight excluding hydrogens is 298 g/mol. The predicted molar refractivity (Wildman–Crippen MR) is 80.3 cm³/mol. The van der Waals surface area contributed by atoms with Crippen molar-refractivity contribution in [3.63, 3.8) is 0 Å². The first kappa shape index (κ1) is 13.6. The van der Waals surface area contributed by atoms with Gasteiger partial charge in [0.1, 0.15) is 5.82 Å². The number of carbonyl (C=O) groups excluding carboxylic acids is 1. The van der Waals surface area contributed by atoms with Crippen molar-refractivity contribution in [2.24, 2.45) is 0 Å². The highest BCUT2D eigenvalue weighted by molar-refractivity contribution is 7.85. The molecule has 1 saturated heterocycles. The normalized spacial score (nSPS) is 16.8. The molecule has 3 rings (SSSR count). The highest BCUT2D eigenvalue weighted by Crippen LogP contribution is 2.29. The van der Waals surface area contributed by atoms with E-state index in [1.165, 1.54) is 6.92 Å². The van der Waals surface area contributed by atoms with Crippen molar-refractivity contribution in [2.45, 2.75) is 6.92 Å². The summed E-state index contributed by atoms with van der Waals surface area (Å²) in [5.74, 6) is 1.93. The Hall–Kier alpha value is -1.40. The lowest BCUT2D eigenvalue weighted by Crippen LogP contribution is -2.39. The van der Waals surface area contributed by atoms with E-state index < -0.39 is 10.8 Å². The van der Waals surface area contributed by atoms with Crippen molar-refractivity contribution < 1.29 is 9.00 Å². The zero-order valence-electron chi connectivity index (χ0n) is 11.0. The minimum Gasteiger partial charge on any atom is -0.354 e. The Bertz CT molecular complexity index is 703. The van der Waals surface area contributed by atoms with Gasteiger partial charge in [0.2, 0.25) is 0 Å². The van der Waals surface area contributed by atoms with Crippen molar-refractivity contribution >= 4 is 39.5 Å². The molecule has 1 fully saturated rings. The smallest absolute Gasteiger partial charge is 0.163 e. The molecule has 0 spiro atoms. The molecule has 20 heavy (non-hydrogen) atoms. The summed E-state index contributed by atoms with van der Waals surface area (Å²) < 4.78 is 13.2. The summed E-state index contributed by atoms with van der Waals surface area (Å²) in [7, 11) is -0.763. The van der Waals surface area contributed by atoms with Gasteiger partial charge < -0.3 is 4.90 Å². The highest BCUT2D eigenvalue weighted by atomic mass is 35.5. The van der Waals surface area contributed by atoms with Crippen LogP contribution >= 0.6 is 11.6 Å². The molecule has 0 radical (unpaired) electrons. The van der Waals surface area contributed by atoms with Gasteiger partial charge >= 0.3 is 0 Å². The minimum atomic E-state index is -0.763. The van der Waals surface area contributed by atoms with Gasteiger partial charge in [0.15, 0.2) is 5.78 Å². The number of aromatic nitrogens is 2. The number of rotatable bonds is 2. The molecule has 1 aliphatic heterocycles. The molecule has 0 aliphatic carbocycles.